The van der Waals surface area contributed by atoms with Crippen LogP contribution in [0.15, 0.2) is 58.4 Å². The topological polar surface area (TPSA) is 76.0 Å². The molecule has 1 atom stereocenters. The lowest BCUT2D eigenvalue weighted by atomic mass is 10.2. The summed E-state index contributed by atoms with van der Waals surface area (Å²) < 4.78 is 32.4. The van der Waals surface area contributed by atoms with Gasteiger partial charge in [-0.05, 0) is 37.6 Å². The van der Waals surface area contributed by atoms with Crippen LogP contribution in [0.2, 0.25) is 0 Å². The number of nitrogens with zero attached hydrogens (tertiary/aromatic N) is 2. The van der Waals surface area contributed by atoms with Crippen LogP contribution in [-0.2, 0) is 14.8 Å². The second-order valence-corrected chi connectivity index (χ2v) is 8.76. The summed E-state index contributed by atoms with van der Waals surface area (Å²) in [7, 11) is -2.54. The second kappa shape index (κ2) is 7.13. The minimum atomic E-state index is -4.05. The number of carbonyl (C=O) groups excluding carboxylic acids is 1. The molecule has 0 aliphatic carbocycles. The molecule has 136 valence electrons. The fourth-order valence-electron chi connectivity index (χ4n) is 2.58. The zero-order valence-electron chi connectivity index (χ0n) is 14.5. The number of ether oxygens (including phenoxy) is 1. The Labute approximate surface area is 156 Å². The molecule has 0 spiro atoms. The van der Waals surface area contributed by atoms with Crippen LogP contribution in [0.3, 0.4) is 0 Å². The maximum Gasteiger partial charge on any atom is 0.272 e. The van der Waals surface area contributed by atoms with Gasteiger partial charge in [-0.15, -0.1) is 0 Å². The van der Waals surface area contributed by atoms with Crippen LogP contribution in [0.4, 0.5) is 5.69 Å². The van der Waals surface area contributed by atoms with E-state index >= 15 is 0 Å². The Morgan fingerprint density at radius 3 is 2.46 bits per heavy atom. The maximum atomic E-state index is 13.1. The molecule has 2 aromatic carbocycles. The van der Waals surface area contributed by atoms with E-state index in [0.717, 1.165) is 16.1 Å². The molecule has 1 aliphatic heterocycles. The molecule has 26 heavy (non-hydrogen) atoms. The van der Waals surface area contributed by atoms with Crippen molar-refractivity contribution in [2.45, 2.75) is 24.0 Å². The molecule has 1 heterocycles. The van der Waals surface area contributed by atoms with E-state index in [9.17, 15) is 13.2 Å². The number of methoxy groups -OCH3 is 1. The van der Waals surface area contributed by atoms with Gasteiger partial charge in [0.25, 0.3) is 15.9 Å². The smallest absolute Gasteiger partial charge is 0.272 e. The first kappa shape index (κ1) is 18.5. The summed E-state index contributed by atoms with van der Waals surface area (Å²) in [5.41, 5.74) is 1.03. The number of benzene rings is 2. The molecule has 0 aromatic heterocycles. The van der Waals surface area contributed by atoms with Gasteiger partial charge in [-0.25, -0.2) is 13.4 Å². The highest BCUT2D eigenvalue weighted by Gasteiger charge is 2.44. The van der Waals surface area contributed by atoms with E-state index in [4.69, 9.17) is 4.74 Å². The average molecular weight is 390 g/mol. The molecule has 0 saturated carbocycles. The third kappa shape index (κ3) is 3.22. The number of amides is 1. The normalized spacial score (nSPS) is 19.2. The van der Waals surface area contributed by atoms with Crippen molar-refractivity contribution in [3.63, 3.8) is 0 Å². The molecule has 0 bridgehead atoms. The number of para-hydroxylation sites is 2. The quantitative estimate of drug-likeness (QED) is 0.800. The minimum absolute atomic E-state index is 0.0933. The van der Waals surface area contributed by atoms with Crippen LogP contribution >= 0.6 is 11.8 Å². The summed E-state index contributed by atoms with van der Waals surface area (Å²) in [5, 5.41) is -0.419. The largest absolute Gasteiger partial charge is 0.494 e. The van der Waals surface area contributed by atoms with Crippen LogP contribution in [-0.4, -0.2) is 36.2 Å². The molecular weight excluding hydrogens is 372 g/mol. The summed E-state index contributed by atoms with van der Waals surface area (Å²) in [6.07, 6.45) is 0. The Kier molecular flexibility index (Phi) is 5.06. The van der Waals surface area contributed by atoms with Gasteiger partial charge < -0.3 is 4.74 Å². The van der Waals surface area contributed by atoms with Crippen LogP contribution in [0.25, 0.3) is 0 Å². The van der Waals surface area contributed by atoms with E-state index in [1.54, 1.807) is 56.3 Å². The van der Waals surface area contributed by atoms with Gasteiger partial charge in [0, 0.05) is 0 Å². The van der Waals surface area contributed by atoms with E-state index < -0.39 is 21.2 Å². The van der Waals surface area contributed by atoms with Crippen molar-refractivity contribution >= 4 is 38.5 Å². The van der Waals surface area contributed by atoms with E-state index in [1.165, 1.54) is 13.2 Å². The Hall–Kier alpha value is -2.32. The van der Waals surface area contributed by atoms with Crippen molar-refractivity contribution in [2.24, 2.45) is 4.99 Å². The molecule has 8 heteroatoms. The van der Waals surface area contributed by atoms with Crippen LogP contribution in [0, 0.1) is 6.92 Å². The number of hydrogen-bond donors (Lipinski definition) is 0. The first-order valence-corrected chi connectivity index (χ1v) is 10.2. The van der Waals surface area contributed by atoms with Gasteiger partial charge in [0.15, 0.2) is 5.17 Å². The highest BCUT2D eigenvalue weighted by atomic mass is 32.2. The predicted molar refractivity (Wildman–Crippen MR) is 102 cm³/mol. The lowest BCUT2D eigenvalue weighted by Gasteiger charge is -2.18. The number of aliphatic imine (C=N–C) groups is 1. The van der Waals surface area contributed by atoms with Crippen LogP contribution in [0.1, 0.15) is 12.5 Å². The number of sulfonamides is 1. The molecule has 1 fully saturated rings. The molecule has 1 saturated heterocycles. The van der Waals surface area contributed by atoms with Crippen LogP contribution in [0.5, 0.6) is 5.75 Å². The number of hydrogen-bond acceptors (Lipinski definition) is 6. The fourth-order valence-corrected chi connectivity index (χ4v) is 5.49. The summed E-state index contributed by atoms with van der Waals surface area (Å²) in [6.45, 7) is 3.36. The maximum absolute atomic E-state index is 13.1. The first-order valence-electron chi connectivity index (χ1n) is 7.89. The Morgan fingerprint density at radius 2 is 1.77 bits per heavy atom. The van der Waals surface area contributed by atoms with Crippen molar-refractivity contribution in [3.8, 4) is 5.75 Å². The molecule has 6 nitrogen and oxygen atoms in total. The monoisotopic (exact) mass is 390 g/mol. The van der Waals surface area contributed by atoms with Crippen molar-refractivity contribution in [1.29, 1.82) is 0 Å². The van der Waals surface area contributed by atoms with Gasteiger partial charge in [0.1, 0.15) is 11.4 Å². The lowest BCUT2D eigenvalue weighted by molar-refractivity contribution is -0.122. The molecule has 3 rings (SSSR count). The van der Waals surface area contributed by atoms with Crippen molar-refractivity contribution < 1.29 is 17.9 Å². The van der Waals surface area contributed by atoms with E-state index in [-0.39, 0.29) is 10.1 Å². The third-order valence-corrected chi connectivity index (χ3v) is 6.92. The molecule has 1 amide bonds. The minimum Gasteiger partial charge on any atom is -0.494 e. The van der Waals surface area contributed by atoms with Gasteiger partial charge in [-0.1, -0.05) is 42.1 Å². The molecular formula is C18H18N2O4S2. The van der Waals surface area contributed by atoms with Crippen molar-refractivity contribution in [3.05, 3.63) is 54.1 Å². The van der Waals surface area contributed by atoms with Gasteiger partial charge in [0.05, 0.1) is 17.3 Å². The van der Waals surface area contributed by atoms with E-state index in [1.807, 2.05) is 0 Å². The summed E-state index contributed by atoms with van der Waals surface area (Å²) >= 11 is 1.11. The number of amidine groups is 1. The zero-order valence-corrected chi connectivity index (χ0v) is 16.2. The van der Waals surface area contributed by atoms with Crippen molar-refractivity contribution in [2.75, 3.05) is 7.11 Å². The van der Waals surface area contributed by atoms with Gasteiger partial charge in [0.2, 0.25) is 0 Å². The summed E-state index contributed by atoms with van der Waals surface area (Å²) in [5.74, 6) is -0.00672. The number of thioether (sulfide) groups is 1. The van der Waals surface area contributed by atoms with E-state index in [2.05, 4.69) is 4.99 Å². The van der Waals surface area contributed by atoms with Gasteiger partial charge >= 0.3 is 0 Å². The highest BCUT2D eigenvalue weighted by Crippen LogP contribution is 2.36. The van der Waals surface area contributed by atoms with Gasteiger partial charge in [-0.2, -0.15) is 4.31 Å². The highest BCUT2D eigenvalue weighted by molar-refractivity contribution is 8.17. The molecule has 2 aromatic rings. The second-order valence-electron chi connectivity index (χ2n) is 5.70. The average Bonchev–Trinajstić information content (AvgIpc) is 2.90. The van der Waals surface area contributed by atoms with Crippen molar-refractivity contribution in [1.82, 2.24) is 4.31 Å². The number of rotatable bonds is 4. The molecule has 0 N–H and O–H groups in total. The first-order chi connectivity index (χ1) is 12.4. The molecule has 1 aliphatic rings. The zero-order chi connectivity index (χ0) is 18.9. The third-order valence-electron chi connectivity index (χ3n) is 3.92. The fraction of sp³-hybridized carbons (Fsp3) is 0.222. The summed E-state index contributed by atoms with van der Waals surface area (Å²) in [4.78, 5) is 17.1. The number of carbonyl (C=O) groups is 1. The van der Waals surface area contributed by atoms with E-state index in [0.29, 0.717) is 17.0 Å². The predicted octanol–water partition coefficient (Wildman–Crippen LogP) is 3.34. The summed E-state index contributed by atoms with van der Waals surface area (Å²) in [6, 6.07) is 13.6. The Balaban J connectivity index is 2.13. The van der Waals surface area contributed by atoms with Crippen LogP contribution < -0.4 is 4.74 Å². The Morgan fingerprint density at radius 1 is 1.12 bits per heavy atom. The lowest BCUT2D eigenvalue weighted by Crippen LogP contribution is -2.37. The SMILES string of the molecule is COc1ccccc1N=C1SC(C)C(=O)N1S(=O)(=O)c1ccccc1C. The molecule has 1 unspecified atom stereocenters. The van der Waals surface area contributed by atoms with Gasteiger partial charge in [-0.3, -0.25) is 4.79 Å². The standard InChI is InChI=1S/C18H18N2O4S2/c1-12-8-4-7-11-16(12)26(22,23)20-17(21)13(2)25-18(20)19-14-9-5-6-10-15(14)24-3/h4-11,13H,1-3H3. The number of aryl methyl sites for hydroxylation is 1. The Bertz CT molecular complexity index is 986. The molecule has 0 radical (unpaired) electrons.